The molecule has 11 aromatic rings. The summed E-state index contributed by atoms with van der Waals surface area (Å²) in [4.78, 5) is 2.36. The molecule has 0 amide bonds. The highest BCUT2D eigenvalue weighted by atomic mass is 32.1. The molecule has 0 aliphatic carbocycles. The minimum absolute atomic E-state index is 0.923. The fourth-order valence-electron chi connectivity index (χ4n) is 8.20. The molecule has 11 rings (SSSR count). The molecule has 0 fully saturated rings. The van der Waals surface area contributed by atoms with Crippen molar-refractivity contribution in [3.63, 3.8) is 0 Å². The molecule has 3 heteroatoms. The van der Waals surface area contributed by atoms with Gasteiger partial charge in [0.15, 0.2) is 0 Å². The number of fused-ring (bicyclic) bond motifs is 8. The van der Waals surface area contributed by atoms with E-state index >= 15 is 0 Å². The van der Waals surface area contributed by atoms with Gasteiger partial charge in [0.1, 0.15) is 11.2 Å². The molecule has 0 saturated carbocycles. The Morgan fingerprint density at radius 3 is 1.84 bits per heavy atom. The van der Waals surface area contributed by atoms with Gasteiger partial charge in [-0.3, -0.25) is 0 Å². The van der Waals surface area contributed by atoms with Crippen LogP contribution in [0.5, 0.6) is 0 Å². The maximum absolute atomic E-state index is 6.17. The first-order valence-corrected chi connectivity index (χ1v) is 19.5. The van der Waals surface area contributed by atoms with E-state index in [1.165, 1.54) is 69.7 Å². The highest BCUT2D eigenvalue weighted by Crippen LogP contribution is 2.43. The molecule has 0 radical (unpaired) electrons. The fraction of sp³-hybridized carbons (Fsp3) is 0. The molecule has 2 heterocycles. The quantitative estimate of drug-likeness (QED) is 0.170. The minimum atomic E-state index is 0.923. The van der Waals surface area contributed by atoms with Gasteiger partial charge in [-0.1, -0.05) is 140 Å². The van der Waals surface area contributed by atoms with E-state index in [0.29, 0.717) is 0 Å². The second-order valence-corrected chi connectivity index (χ2v) is 15.2. The first-order valence-electron chi connectivity index (χ1n) is 18.7. The number of rotatable bonds is 6. The minimum Gasteiger partial charge on any atom is -0.456 e. The predicted octanol–water partition coefficient (Wildman–Crippen LogP) is 15.6. The van der Waals surface area contributed by atoms with Gasteiger partial charge in [-0.05, 0) is 105 Å². The number of para-hydroxylation sites is 1. The molecule has 0 saturated heterocycles. The average Bonchev–Trinajstić information content (AvgIpc) is 3.84. The summed E-state index contributed by atoms with van der Waals surface area (Å²) in [7, 11) is 0. The molecule has 0 spiro atoms. The zero-order chi connectivity index (χ0) is 36.3. The third-order valence-corrected chi connectivity index (χ3v) is 12.1. The third-order valence-electron chi connectivity index (χ3n) is 10.9. The van der Waals surface area contributed by atoms with Crippen LogP contribution in [0, 0.1) is 0 Å². The second kappa shape index (κ2) is 12.9. The van der Waals surface area contributed by atoms with Crippen LogP contribution < -0.4 is 4.90 Å². The van der Waals surface area contributed by atoms with Gasteiger partial charge in [-0.2, -0.15) is 0 Å². The molecule has 0 unspecified atom stereocenters. The Labute approximate surface area is 322 Å². The van der Waals surface area contributed by atoms with Gasteiger partial charge >= 0.3 is 0 Å². The highest BCUT2D eigenvalue weighted by Gasteiger charge is 2.17. The van der Waals surface area contributed by atoms with Crippen molar-refractivity contribution in [2.45, 2.75) is 0 Å². The number of anilines is 3. The third kappa shape index (κ3) is 5.40. The number of benzene rings is 9. The number of hydrogen-bond acceptors (Lipinski definition) is 3. The Kier molecular flexibility index (Phi) is 7.39. The molecule has 2 aromatic heterocycles. The monoisotopic (exact) mass is 719 g/mol. The van der Waals surface area contributed by atoms with E-state index in [9.17, 15) is 0 Å². The van der Waals surface area contributed by atoms with E-state index in [0.717, 1.165) is 33.6 Å². The molecule has 0 N–H and O–H groups in total. The molecule has 0 aliphatic rings. The molecule has 0 aliphatic heterocycles. The van der Waals surface area contributed by atoms with Gasteiger partial charge in [0, 0.05) is 48.0 Å². The molecule has 0 atom stereocenters. The van der Waals surface area contributed by atoms with E-state index in [1.54, 1.807) is 0 Å². The normalized spacial score (nSPS) is 11.6. The summed E-state index contributed by atoms with van der Waals surface area (Å²) in [5, 5.41) is 7.38. The zero-order valence-electron chi connectivity index (χ0n) is 29.8. The molecule has 55 heavy (non-hydrogen) atoms. The van der Waals surface area contributed by atoms with Crippen molar-refractivity contribution in [3.8, 4) is 33.4 Å². The number of thiophene rings is 1. The summed E-state index contributed by atoms with van der Waals surface area (Å²) >= 11 is 1.87. The number of nitrogens with zero attached hydrogens (tertiary/aromatic N) is 1. The summed E-state index contributed by atoms with van der Waals surface area (Å²) in [6.45, 7) is 0. The van der Waals surface area contributed by atoms with Gasteiger partial charge in [0.2, 0.25) is 0 Å². The van der Waals surface area contributed by atoms with Crippen LogP contribution in [0.4, 0.5) is 17.1 Å². The highest BCUT2D eigenvalue weighted by molar-refractivity contribution is 7.26. The van der Waals surface area contributed by atoms with Crippen LogP contribution in [-0.4, -0.2) is 0 Å². The Bertz CT molecular complexity index is 3190. The largest absolute Gasteiger partial charge is 0.456 e. The topological polar surface area (TPSA) is 16.4 Å². The second-order valence-electron chi connectivity index (χ2n) is 14.1. The van der Waals surface area contributed by atoms with Gasteiger partial charge in [-0.25, -0.2) is 0 Å². The van der Waals surface area contributed by atoms with Gasteiger partial charge < -0.3 is 9.32 Å². The smallest absolute Gasteiger partial charge is 0.136 e. The summed E-state index contributed by atoms with van der Waals surface area (Å²) in [5.41, 5.74) is 12.4. The Morgan fingerprint density at radius 1 is 0.364 bits per heavy atom. The lowest BCUT2D eigenvalue weighted by Gasteiger charge is -2.26. The van der Waals surface area contributed by atoms with Gasteiger partial charge in [0.05, 0.1) is 0 Å². The van der Waals surface area contributed by atoms with Crippen molar-refractivity contribution in [1.82, 2.24) is 0 Å². The molecule has 0 bridgehead atoms. The van der Waals surface area contributed by atoms with E-state index in [1.807, 2.05) is 23.5 Å². The predicted molar refractivity (Wildman–Crippen MR) is 235 cm³/mol. The van der Waals surface area contributed by atoms with Crippen molar-refractivity contribution in [1.29, 1.82) is 0 Å². The van der Waals surface area contributed by atoms with Crippen LogP contribution in [0.3, 0.4) is 0 Å². The summed E-state index contributed by atoms with van der Waals surface area (Å²) in [5.74, 6) is 0. The van der Waals surface area contributed by atoms with Crippen molar-refractivity contribution in [2.24, 2.45) is 0 Å². The number of furan rings is 1. The fourth-order valence-corrected chi connectivity index (χ4v) is 9.44. The van der Waals surface area contributed by atoms with E-state index in [4.69, 9.17) is 4.42 Å². The van der Waals surface area contributed by atoms with Crippen LogP contribution in [0.15, 0.2) is 205 Å². The van der Waals surface area contributed by atoms with Crippen LogP contribution in [0.25, 0.3) is 86.3 Å². The van der Waals surface area contributed by atoms with Crippen LogP contribution in [-0.2, 0) is 0 Å². The summed E-state index contributed by atoms with van der Waals surface area (Å²) in [6.07, 6.45) is 0. The molecular formula is C52H33NOS. The molecule has 258 valence electrons. The van der Waals surface area contributed by atoms with E-state index in [2.05, 4.69) is 193 Å². The van der Waals surface area contributed by atoms with Crippen molar-refractivity contribution in [2.75, 3.05) is 4.90 Å². The van der Waals surface area contributed by atoms with Crippen molar-refractivity contribution in [3.05, 3.63) is 200 Å². The SMILES string of the molecule is c1ccc(-c2cccc(N(c3ccc(-c4ccc5c(ccc6oc7ccccc7c65)c4)cc3)c3ccc(-c4cccc5c4sc4ccccc45)cc3)c2)cc1. The van der Waals surface area contributed by atoms with Crippen molar-refractivity contribution < 1.29 is 4.42 Å². The molecular weight excluding hydrogens is 687 g/mol. The Hall–Kier alpha value is -6.94. The van der Waals surface area contributed by atoms with Crippen LogP contribution >= 0.6 is 11.3 Å². The Morgan fingerprint density at radius 2 is 1.00 bits per heavy atom. The number of hydrogen-bond donors (Lipinski definition) is 0. The maximum Gasteiger partial charge on any atom is 0.136 e. The summed E-state index contributed by atoms with van der Waals surface area (Å²) in [6, 6.07) is 72.2. The standard InChI is InChI=1S/C52H33NOS/c1-2-10-34(11-3-1)37-12-8-13-42(33-37)53(41-28-22-36(23-29-41)44-16-9-17-46-45-14-5-7-19-50(45)55-52(44)46)40-26-20-35(21-27-40)38-24-30-43-39(32-38)25-31-49-51(43)47-15-4-6-18-48(47)54-49/h1-33H. The average molecular weight is 720 g/mol. The van der Waals surface area contributed by atoms with Crippen LogP contribution in [0.2, 0.25) is 0 Å². The first-order chi connectivity index (χ1) is 27.2. The van der Waals surface area contributed by atoms with Crippen LogP contribution in [0.1, 0.15) is 0 Å². The van der Waals surface area contributed by atoms with Gasteiger partial charge in [-0.15, -0.1) is 11.3 Å². The molecule has 9 aromatic carbocycles. The van der Waals surface area contributed by atoms with E-state index < -0.39 is 0 Å². The maximum atomic E-state index is 6.17. The first kappa shape index (κ1) is 31.6. The lowest BCUT2D eigenvalue weighted by molar-refractivity contribution is 0.669. The zero-order valence-corrected chi connectivity index (χ0v) is 30.6. The lowest BCUT2D eigenvalue weighted by atomic mass is 9.98. The Balaban J connectivity index is 0.989. The van der Waals surface area contributed by atoms with Gasteiger partial charge in [0.25, 0.3) is 0 Å². The lowest BCUT2D eigenvalue weighted by Crippen LogP contribution is -2.10. The summed E-state index contributed by atoms with van der Waals surface area (Å²) < 4.78 is 8.82. The van der Waals surface area contributed by atoms with E-state index in [-0.39, 0.29) is 0 Å². The van der Waals surface area contributed by atoms with Crippen molar-refractivity contribution >= 4 is 81.3 Å². The molecule has 2 nitrogen and oxygen atoms in total.